The van der Waals surface area contributed by atoms with E-state index < -0.39 is 17.7 Å². The van der Waals surface area contributed by atoms with Gasteiger partial charge >= 0.3 is 0 Å². The third kappa shape index (κ3) is 3.58. The summed E-state index contributed by atoms with van der Waals surface area (Å²) in [5.74, 6) is -1.19. The normalized spacial score (nSPS) is 12.7. The van der Waals surface area contributed by atoms with Crippen molar-refractivity contribution in [2.24, 2.45) is 0 Å². The summed E-state index contributed by atoms with van der Waals surface area (Å²) in [6.07, 6.45) is 0.654. The number of fused-ring (bicyclic) bond motifs is 1. The fraction of sp³-hybridized carbons (Fsp3) is 0.353. The minimum atomic E-state index is -0.597. The first-order chi connectivity index (χ1) is 12.4. The molecule has 3 rings (SSSR count). The summed E-state index contributed by atoms with van der Waals surface area (Å²) in [6.45, 7) is 2.14. The molecule has 0 aliphatic rings. The van der Waals surface area contributed by atoms with Crippen LogP contribution >= 0.6 is 11.3 Å². The fourth-order valence-corrected chi connectivity index (χ4v) is 3.50. The molecular formula is C17H19F2N5OS. The average Bonchev–Trinajstić information content (AvgIpc) is 3.00. The Bertz CT molecular complexity index is 965. The number of hydrogen-bond acceptors (Lipinski definition) is 6. The van der Waals surface area contributed by atoms with Crippen molar-refractivity contribution >= 4 is 21.4 Å². The van der Waals surface area contributed by atoms with E-state index in [2.05, 4.69) is 15.4 Å². The summed E-state index contributed by atoms with van der Waals surface area (Å²) in [5, 5.41) is 7.73. The van der Waals surface area contributed by atoms with Crippen molar-refractivity contribution in [3.63, 3.8) is 0 Å². The molecule has 0 aliphatic carbocycles. The summed E-state index contributed by atoms with van der Waals surface area (Å²) in [5.41, 5.74) is 0.444. The van der Waals surface area contributed by atoms with Gasteiger partial charge in [-0.15, -0.1) is 5.10 Å². The first-order valence-corrected chi connectivity index (χ1v) is 8.96. The number of nitrogens with one attached hydrogen (secondary N) is 1. The van der Waals surface area contributed by atoms with Crippen molar-refractivity contribution in [3.05, 3.63) is 57.5 Å². The predicted octanol–water partition coefficient (Wildman–Crippen LogP) is 2.71. The molecule has 1 aromatic carbocycles. The van der Waals surface area contributed by atoms with Gasteiger partial charge < -0.3 is 10.2 Å². The predicted molar refractivity (Wildman–Crippen MR) is 97.8 cm³/mol. The third-order valence-electron chi connectivity index (χ3n) is 4.06. The van der Waals surface area contributed by atoms with Gasteiger partial charge in [0, 0.05) is 23.9 Å². The number of anilines is 1. The second-order valence-electron chi connectivity index (χ2n) is 6.04. The van der Waals surface area contributed by atoms with Crippen LogP contribution in [0.1, 0.15) is 24.2 Å². The van der Waals surface area contributed by atoms with Gasteiger partial charge in [0.25, 0.3) is 5.56 Å². The number of likely N-dealkylation sites (N-methyl/N-ethyl adjacent to an activating group) is 1. The molecule has 2 aromatic heterocycles. The topological polar surface area (TPSA) is 62.5 Å². The molecule has 0 saturated carbocycles. The van der Waals surface area contributed by atoms with E-state index in [1.807, 2.05) is 6.92 Å². The number of benzene rings is 1. The Morgan fingerprint density at radius 1 is 1.31 bits per heavy atom. The lowest BCUT2D eigenvalue weighted by Gasteiger charge is -2.25. The van der Waals surface area contributed by atoms with Gasteiger partial charge in [-0.3, -0.25) is 4.79 Å². The number of halogens is 2. The van der Waals surface area contributed by atoms with Gasteiger partial charge in [-0.2, -0.15) is 4.52 Å². The maximum Gasteiger partial charge on any atom is 0.275 e. The molecule has 0 radical (unpaired) electrons. The zero-order valence-corrected chi connectivity index (χ0v) is 15.5. The van der Waals surface area contributed by atoms with Gasteiger partial charge in [-0.25, -0.2) is 13.8 Å². The second kappa shape index (κ2) is 7.46. The van der Waals surface area contributed by atoms with Crippen molar-refractivity contribution in [2.75, 3.05) is 26.0 Å². The maximum atomic E-state index is 14.1. The molecule has 0 aliphatic heterocycles. The lowest BCUT2D eigenvalue weighted by atomic mass is 10.0. The molecule has 26 heavy (non-hydrogen) atoms. The highest BCUT2D eigenvalue weighted by atomic mass is 32.1. The van der Waals surface area contributed by atoms with Crippen LogP contribution in [0.2, 0.25) is 0 Å². The highest BCUT2D eigenvalue weighted by Crippen LogP contribution is 2.26. The van der Waals surface area contributed by atoms with E-state index in [4.69, 9.17) is 0 Å². The van der Waals surface area contributed by atoms with Crippen LogP contribution in [0.4, 0.5) is 13.9 Å². The summed E-state index contributed by atoms with van der Waals surface area (Å²) in [4.78, 5) is 18.6. The smallest absolute Gasteiger partial charge is 0.275 e. The summed E-state index contributed by atoms with van der Waals surface area (Å²) in [7, 11) is 3.49. The van der Waals surface area contributed by atoms with Crippen LogP contribution in [-0.4, -0.2) is 40.1 Å². The Morgan fingerprint density at radius 2 is 2.00 bits per heavy atom. The van der Waals surface area contributed by atoms with Gasteiger partial charge in [0.2, 0.25) is 10.1 Å². The molecule has 0 amide bonds. The maximum absolute atomic E-state index is 14.1. The van der Waals surface area contributed by atoms with Crippen molar-refractivity contribution in [1.82, 2.24) is 19.5 Å². The molecular weight excluding hydrogens is 360 g/mol. The first-order valence-electron chi connectivity index (χ1n) is 8.14. The van der Waals surface area contributed by atoms with Crippen molar-refractivity contribution in [1.29, 1.82) is 0 Å². The number of hydrogen-bond donors (Lipinski definition) is 1. The van der Waals surface area contributed by atoms with Crippen LogP contribution in [0.3, 0.4) is 0 Å². The molecule has 138 valence electrons. The molecule has 3 aromatic rings. The molecule has 1 atom stereocenters. The molecule has 1 unspecified atom stereocenters. The van der Waals surface area contributed by atoms with Crippen LogP contribution in [0.15, 0.2) is 29.1 Å². The number of nitrogens with zero attached hydrogens (tertiary/aromatic N) is 4. The largest absolute Gasteiger partial charge is 0.358 e. The van der Waals surface area contributed by atoms with Gasteiger partial charge in [-0.1, -0.05) is 24.3 Å². The Hall–Kier alpha value is -2.39. The molecule has 0 bridgehead atoms. The van der Waals surface area contributed by atoms with Crippen molar-refractivity contribution in [2.45, 2.75) is 19.4 Å². The number of aryl methyl sites for hydroxylation is 1. The standard InChI is InChI=1S/C17H19F2N5OS/c1-4-10-8-14(25)24-17(21-10)26-16(22-24)20-9-13(23(2)3)15-11(18)6-5-7-12(15)19/h5-8,13H,4,9H2,1-3H3,(H,20,22). The molecule has 1 N–H and O–H groups in total. The molecule has 9 heteroatoms. The second-order valence-corrected chi connectivity index (χ2v) is 6.99. The lowest BCUT2D eigenvalue weighted by molar-refractivity contribution is 0.295. The van der Waals surface area contributed by atoms with Crippen molar-refractivity contribution in [3.8, 4) is 0 Å². The van der Waals surface area contributed by atoms with Crippen LogP contribution in [0, 0.1) is 11.6 Å². The molecule has 2 heterocycles. The van der Waals surface area contributed by atoms with E-state index >= 15 is 0 Å². The Labute approximate surface area is 153 Å². The minimum absolute atomic E-state index is 0.00493. The molecule has 0 fully saturated rings. The minimum Gasteiger partial charge on any atom is -0.358 e. The number of rotatable bonds is 6. The van der Waals surface area contributed by atoms with E-state index in [-0.39, 0.29) is 17.7 Å². The Kier molecular flexibility index (Phi) is 5.28. The highest BCUT2D eigenvalue weighted by Gasteiger charge is 2.22. The van der Waals surface area contributed by atoms with E-state index in [0.29, 0.717) is 22.2 Å². The summed E-state index contributed by atoms with van der Waals surface area (Å²) >= 11 is 1.22. The van der Waals surface area contributed by atoms with E-state index in [9.17, 15) is 13.6 Å². The van der Waals surface area contributed by atoms with Crippen LogP contribution < -0.4 is 10.9 Å². The summed E-state index contributed by atoms with van der Waals surface area (Å²) < 4.78 is 29.5. The van der Waals surface area contributed by atoms with Gasteiger partial charge in [-0.05, 0) is 32.6 Å². The van der Waals surface area contributed by atoms with Crippen molar-refractivity contribution < 1.29 is 8.78 Å². The summed E-state index contributed by atoms with van der Waals surface area (Å²) in [6, 6.07) is 4.73. The Balaban J connectivity index is 1.87. The monoisotopic (exact) mass is 379 g/mol. The average molecular weight is 379 g/mol. The first kappa shape index (κ1) is 18.4. The highest BCUT2D eigenvalue weighted by molar-refractivity contribution is 7.20. The molecule has 0 saturated heterocycles. The fourth-order valence-electron chi connectivity index (χ4n) is 2.66. The van der Waals surface area contributed by atoms with Gasteiger partial charge in [0.05, 0.1) is 6.04 Å². The quantitative estimate of drug-likeness (QED) is 0.714. The Morgan fingerprint density at radius 3 is 2.62 bits per heavy atom. The number of aromatic nitrogens is 3. The molecule has 0 spiro atoms. The lowest BCUT2D eigenvalue weighted by Crippen LogP contribution is -2.28. The van der Waals surface area contributed by atoms with Crippen LogP contribution in [0.25, 0.3) is 4.96 Å². The van der Waals surface area contributed by atoms with E-state index in [1.54, 1.807) is 19.0 Å². The SMILES string of the molecule is CCc1cc(=O)n2nc(NCC(c3c(F)cccc3F)N(C)C)sc2n1. The zero-order chi connectivity index (χ0) is 18.8. The zero-order valence-electron chi connectivity index (χ0n) is 14.7. The van der Waals surface area contributed by atoms with E-state index in [0.717, 1.165) is 0 Å². The van der Waals surface area contributed by atoms with Gasteiger partial charge in [0.15, 0.2) is 0 Å². The molecule has 6 nitrogen and oxygen atoms in total. The van der Waals surface area contributed by atoms with E-state index in [1.165, 1.54) is 40.1 Å². The van der Waals surface area contributed by atoms with Gasteiger partial charge in [0.1, 0.15) is 11.6 Å². The van der Waals surface area contributed by atoms with Crippen LogP contribution in [0.5, 0.6) is 0 Å². The van der Waals surface area contributed by atoms with Crippen LogP contribution in [-0.2, 0) is 6.42 Å². The third-order valence-corrected chi connectivity index (χ3v) is 4.93.